The van der Waals surface area contributed by atoms with Gasteiger partial charge in [-0.3, -0.25) is 0 Å². The molecule has 0 saturated heterocycles. The van der Waals surface area contributed by atoms with Crippen LogP contribution in [0.1, 0.15) is 5.56 Å². The number of nitrogens with zero attached hydrogens (tertiary/aromatic N) is 1. The summed E-state index contributed by atoms with van der Waals surface area (Å²) in [6.45, 7) is 0.0219. The number of H-pyrrole nitrogens is 1. The molecule has 0 amide bonds. The molecule has 6 nitrogen and oxygen atoms in total. The SMILES string of the molecule is O=S(=O)(NCc1ccccc1O)c1cnc[nH]1. The first kappa shape index (κ1) is 11.6. The van der Waals surface area contributed by atoms with Crippen LogP contribution in [0.15, 0.2) is 41.8 Å². The van der Waals surface area contributed by atoms with E-state index < -0.39 is 10.0 Å². The van der Waals surface area contributed by atoms with Crippen molar-refractivity contribution < 1.29 is 13.5 Å². The summed E-state index contributed by atoms with van der Waals surface area (Å²) in [6, 6.07) is 6.53. The molecular weight excluding hydrogens is 242 g/mol. The highest BCUT2D eigenvalue weighted by Gasteiger charge is 2.15. The van der Waals surface area contributed by atoms with Crippen molar-refractivity contribution in [2.75, 3.05) is 0 Å². The average molecular weight is 253 g/mol. The summed E-state index contributed by atoms with van der Waals surface area (Å²) >= 11 is 0. The van der Waals surface area contributed by atoms with Crippen molar-refractivity contribution in [2.24, 2.45) is 0 Å². The van der Waals surface area contributed by atoms with Crippen molar-refractivity contribution in [3.05, 3.63) is 42.4 Å². The Balaban J connectivity index is 2.12. The molecule has 2 aromatic rings. The number of sulfonamides is 1. The van der Waals surface area contributed by atoms with Crippen molar-refractivity contribution in [1.82, 2.24) is 14.7 Å². The topological polar surface area (TPSA) is 95.1 Å². The number of aromatic nitrogens is 2. The van der Waals surface area contributed by atoms with Crippen molar-refractivity contribution in [1.29, 1.82) is 0 Å². The Kier molecular flexibility index (Phi) is 3.12. The zero-order chi connectivity index (χ0) is 12.3. The number of para-hydroxylation sites is 1. The summed E-state index contributed by atoms with van der Waals surface area (Å²) in [5.74, 6) is 0.0554. The number of hydrogen-bond acceptors (Lipinski definition) is 4. The van der Waals surface area contributed by atoms with Crippen LogP contribution in [0.5, 0.6) is 5.75 Å². The van der Waals surface area contributed by atoms with E-state index in [9.17, 15) is 13.5 Å². The number of phenolic OH excluding ortho intramolecular Hbond substituents is 1. The highest BCUT2D eigenvalue weighted by atomic mass is 32.2. The highest BCUT2D eigenvalue weighted by Crippen LogP contribution is 2.15. The first-order valence-corrected chi connectivity index (χ1v) is 6.33. The molecule has 1 aromatic carbocycles. The third-order valence-electron chi connectivity index (χ3n) is 2.21. The molecule has 0 saturated carbocycles. The fourth-order valence-electron chi connectivity index (χ4n) is 1.30. The van der Waals surface area contributed by atoms with Gasteiger partial charge in [0.15, 0.2) is 5.03 Å². The van der Waals surface area contributed by atoms with E-state index in [1.54, 1.807) is 18.2 Å². The fourth-order valence-corrected chi connectivity index (χ4v) is 2.21. The lowest BCUT2D eigenvalue weighted by Crippen LogP contribution is -2.23. The second kappa shape index (κ2) is 4.56. The molecule has 7 heteroatoms. The van der Waals surface area contributed by atoms with E-state index in [-0.39, 0.29) is 17.3 Å². The van der Waals surface area contributed by atoms with Gasteiger partial charge in [-0.2, -0.15) is 0 Å². The molecule has 2 rings (SSSR count). The Bertz CT molecular complexity index is 593. The van der Waals surface area contributed by atoms with Gasteiger partial charge < -0.3 is 10.1 Å². The maximum atomic E-state index is 11.7. The smallest absolute Gasteiger partial charge is 0.257 e. The normalized spacial score (nSPS) is 11.5. The van der Waals surface area contributed by atoms with Gasteiger partial charge in [0.1, 0.15) is 5.75 Å². The zero-order valence-electron chi connectivity index (χ0n) is 8.79. The lowest BCUT2D eigenvalue weighted by atomic mass is 10.2. The third kappa shape index (κ3) is 2.63. The fraction of sp³-hybridized carbons (Fsp3) is 0.100. The van der Waals surface area contributed by atoms with Crippen LogP contribution in [-0.4, -0.2) is 23.5 Å². The highest BCUT2D eigenvalue weighted by molar-refractivity contribution is 7.89. The minimum absolute atomic E-state index is 0.00655. The maximum absolute atomic E-state index is 11.7. The summed E-state index contributed by atoms with van der Waals surface area (Å²) in [5, 5.41) is 9.48. The molecule has 0 aliphatic carbocycles. The summed E-state index contributed by atoms with van der Waals surface area (Å²) in [6.07, 6.45) is 2.50. The van der Waals surface area contributed by atoms with E-state index in [2.05, 4.69) is 14.7 Å². The van der Waals surface area contributed by atoms with Gasteiger partial charge in [0.25, 0.3) is 10.0 Å². The number of rotatable bonds is 4. The Hall–Kier alpha value is -1.86. The lowest BCUT2D eigenvalue weighted by Gasteiger charge is -2.06. The Labute approximate surface area is 98.4 Å². The summed E-state index contributed by atoms with van der Waals surface area (Å²) in [7, 11) is -3.61. The number of benzene rings is 1. The van der Waals surface area contributed by atoms with Crippen LogP contribution in [0.25, 0.3) is 0 Å². The molecule has 17 heavy (non-hydrogen) atoms. The van der Waals surface area contributed by atoms with Crippen molar-refractivity contribution >= 4 is 10.0 Å². The van der Waals surface area contributed by atoms with E-state index in [1.807, 2.05) is 0 Å². The van der Waals surface area contributed by atoms with E-state index in [0.29, 0.717) is 5.56 Å². The van der Waals surface area contributed by atoms with Crippen molar-refractivity contribution in [3.8, 4) is 5.75 Å². The molecule has 90 valence electrons. The van der Waals surface area contributed by atoms with Crippen molar-refractivity contribution in [3.63, 3.8) is 0 Å². The van der Waals surface area contributed by atoms with Gasteiger partial charge in [-0.15, -0.1) is 0 Å². The van der Waals surface area contributed by atoms with Crippen LogP contribution in [-0.2, 0) is 16.6 Å². The number of aromatic amines is 1. The minimum Gasteiger partial charge on any atom is -0.508 e. The first-order chi connectivity index (χ1) is 8.09. The molecule has 0 spiro atoms. The molecule has 0 fully saturated rings. The second-order valence-electron chi connectivity index (χ2n) is 3.37. The monoisotopic (exact) mass is 253 g/mol. The largest absolute Gasteiger partial charge is 0.508 e. The Morgan fingerprint density at radius 3 is 2.76 bits per heavy atom. The molecule has 1 aromatic heterocycles. The quantitative estimate of drug-likeness (QED) is 0.743. The molecule has 0 aliphatic heterocycles. The second-order valence-corrected chi connectivity index (χ2v) is 5.10. The van der Waals surface area contributed by atoms with Crippen LogP contribution in [0.4, 0.5) is 0 Å². The number of aromatic hydroxyl groups is 1. The molecule has 0 radical (unpaired) electrons. The molecule has 0 bridgehead atoms. The lowest BCUT2D eigenvalue weighted by molar-refractivity contribution is 0.467. The number of hydrogen-bond donors (Lipinski definition) is 3. The molecule has 3 N–H and O–H groups in total. The van der Waals surface area contributed by atoms with E-state index >= 15 is 0 Å². The van der Waals surface area contributed by atoms with Gasteiger partial charge in [0.05, 0.1) is 12.5 Å². The predicted octanol–water partition coefficient (Wildman–Crippen LogP) is 0.594. The van der Waals surface area contributed by atoms with Gasteiger partial charge in [-0.25, -0.2) is 18.1 Å². The van der Waals surface area contributed by atoms with E-state index in [1.165, 1.54) is 18.6 Å². The minimum atomic E-state index is -3.61. The summed E-state index contributed by atoms with van der Waals surface area (Å²) in [4.78, 5) is 6.14. The number of phenols is 1. The summed E-state index contributed by atoms with van der Waals surface area (Å²) in [5.41, 5.74) is 0.510. The standard InChI is InChI=1S/C10H11N3O3S/c14-9-4-2-1-3-8(9)5-13-17(15,16)10-6-11-7-12-10/h1-4,6-7,13-14H,5H2,(H,11,12). The Morgan fingerprint density at radius 2 is 2.12 bits per heavy atom. The van der Waals surface area contributed by atoms with Gasteiger partial charge in [0, 0.05) is 12.1 Å². The van der Waals surface area contributed by atoms with E-state index in [0.717, 1.165) is 0 Å². The molecule has 0 aliphatic rings. The molecule has 0 atom stereocenters. The number of nitrogens with one attached hydrogen (secondary N) is 2. The molecule has 1 heterocycles. The van der Waals surface area contributed by atoms with E-state index in [4.69, 9.17) is 0 Å². The van der Waals surface area contributed by atoms with Gasteiger partial charge in [-0.05, 0) is 6.07 Å². The summed E-state index contributed by atoms with van der Waals surface area (Å²) < 4.78 is 25.8. The van der Waals surface area contributed by atoms with Crippen LogP contribution < -0.4 is 4.72 Å². The average Bonchev–Trinajstić information content (AvgIpc) is 2.82. The maximum Gasteiger partial charge on any atom is 0.257 e. The van der Waals surface area contributed by atoms with Crippen LogP contribution >= 0.6 is 0 Å². The van der Waals surface area contributed by atoms with Crippen LogP contribution in [0, 0.1) is 0 Å². The third-order valence-corrected chi connectivity index (χ3v) is 3.53. The zero-order valence-corrected chi connectivity index (χ0v) is 9.61. The molecule has 0 unspecified atom stereocenters. The predicted molar refractivity (Wildman–Crippen MR) is 60.7 cm³/mol. The van der Waals surface area contributed by atoms with Gasteiger partial charge in [0.2, 0.25) is 0 Å². The number of imidazole rings is 1. The Morgan fingerprint density at radius 1 is 1.35 bits per heavy atom. The van der Waals surface area contributed by atoms with Crippen molar-refractivity contribution in [2.45, 2.75) is 11.6 Å². The molecular formula is C10H11N3O3S. The van der Waals surface area contributed by atoms with Crippen LogP contribution in [0.2, 0.25) is 0 Å². The first-order valence-electron chi connectivity index (χ1n) is 4.84. The van der Waals surface area contributed by atoms with Crippen LogP contribution in [0.3, 0.4) is 0 Å². The van der Waals surface area contributed by atoms with Gasteiger partial charge >= 0.3 is 0 Å². The van der Waals surface area contributed by atoms with Gasteiger partial charge in [-0.1, -0.05) is 18.2 Å².